The first kappa shape index (κ1) is 17.8. The van der Waals surface area contributed by atoms with Crippen molar-refractivity contribution >= 4 is 28.4 Å². The van der Waals surface area contributed by atoms with E-state index in [0.29, 0.717) is 30.5 Å². The van der Waals surface area contributed by atoms with Crippen molar-refractivity contribution in [3.63, 3.8) is 0 Å². The highest BCUT2D eigenvalue weighted by Gasteiger charge is 2.11. The van der Waals surface area contributed by atoms with Crippen LogP contribution in [0.4, 0.5) is 11.6 Å². The molecule has 0 unspecified atom stereocenters. The van der Waals surface area contributed by atoms with E-state index in [1.165, 1.54) is 0 Å². The lowest BCUT2D eigenvalue weighted by Crippen LogP contribution is -2.26. The fourth-order valence-electron chi connectivity index (χ4n) is 2.58. The second-order valence-electron chi connectivity index (χ2n) is 5.83. The molecule has 0 fully saturated rings. The van der Waals surface area contributed by atoms with Crippen LogP contribution in [-0.2, 0) is 4.74 Å². The molecule has 0 spiro atoms. The average molecular weight is 351 g/mol. The topological polar surface area (TPSA) is 89.0 Å². The van der Waals surface area contributed by atoms with Gasteiger partial charge < -0.3 is 15.4 Å². The summed E-state index contributed by atoms with van der Waals surface area (Å²) in [6, 6.07) is 11.4. The number of para-hydroxylation sites is 1. The molecule has 3 rings (SSSR count). The standard InChI is InChI=1S/C19H21N5O2/c1-13-12-16(18(25)21-10-5-11-26-2)24-19(22-13)23-15-8-3-6-14-7-4-9-20-17(14)15/h3-4,6-9,12H,5,10-11H2,1-2H3,(H,21,25)(H,22,23,24). The Hall–Kier alpha value is -3.06. The van der Waals surface area contributed by atoms with E-state index >= 15 is 0 Å². The minimum absolute atomic E-state index is 0.231. The zero-order chi connectivity index (χ0) is 18.4. The zero-order valence-electron chi connectivity index (χ0n) is 14.8. The maximum absolute atomic E-state index is 12.3. The first-order valence-corrected chi connectivity index (χ1v) is 8.41. The van der Waals surface area contributed by atoms with Crippen LogP contribution in [-0.4, -0.2) is 41.1 Å². The van der Waals surface area contributed by atoms with Gasteiger partial charge in [0.2, 0.25) is 5.95 Å². The van der Waals surface area contributed by atoms with Gasteiger partial charge in [0.1, 0.15) is 5.69 Å². The normalized spacial score (nSPS) is 10.7. The molecule has 0 aliphatic heterocycles. The van der Waals surface area contributed by atoms with Crippen LogP contribution in [0.15, 0.2) is 42.6 Å². The Morgan fingerprint density at radius 1 is 1.19 bits per heavy atom. The number of hydrogen-bond donors (Lipinski definition) is 2. The van der Waals surface area contributed by atoms with Crippen LogP contribution >= 0.6 is 0 Å². The number of methoxy groups -OCH3 is 1. The van der Waals surface area contributed by atoms with Crippen molar-refractivity contribution < 1.29 is 9.53 Å². The number of carbonyl (C=O) groups is 1. The highest BCUT2D eigenvalue weighted by atomic mass is 16.5. The Kier molecular flexibility index (Phi) is 5.70. The first-order valence-electron chi connectivity index (χ1n) is 8.41. The summed E-state index contributed by atoms with van der Waals surface area (Å²) in [5.41, 5.74) is 2.65. The third-order valence-electron chi connectivity index (χ3n) is 3.78. The monoisotopic (exact) mass is 351 g/mol. The fourth-order valence-corrected chi connectivity index (χ4v) is 2.58. The summed E-state index contributed by atoms with van der Waals surface area (Å²) in [6.45, 7) is 2.96. The molecular weight excluding hydrogens is 330 g/mol. The average Bonchev–Trinajstić information content (AvgIpc) is 2.65. The van der Waals surface area contributed by atoms with Crippen molar-refractivity contribution in [3.8, 4) is 0 Å². The second-order valence-corrected chi connectivity index (χ2v) is 5.83. The van der Waals surface area contributed by atoms with Crippen LogP contribution in [0.1, 0.15) is 22.6 Å². The van der Waals surface area contributed by atoms with Gasteiger partial charge in [-0.1, -0.05) is 18.2 Å². The van der Waals surface area contributed by atoms with Crippen molar-refractivity contribution in [2.24, 2.45) is 0 Å². The van der Waals surface area contributed by atoms with Crippen LogP contribution in [0.2, 0.25) is 0 Å². The SMILES string of the molecule is COCCCNC(=O)c1cc(C)nc(Nc2cccc3cccnc23)n1. The van der Waals surface area contributed by atoms with Crippen molar-refractivity contribution in [3.05, 3.63) is 54.0 Å². The molecule has 2 aromatic heterocycles. The Bertz CT molecular complexity index is 908. The summed E-state index contributed by atoms with van der Waals surface area (Å²) in [4.78, 5) is 25.4. The molecule has 3 aromatic rings. The Balaban J connectivity index is 1.80. The lowest BCUT2D eigenvalue weighted by Gasteiger charge is -2.10. The number of ether oxygens (including phenoxy) is 1. The van der Waals surface area contributed by atoms with E-state index in [9.17, 15) is 4.79 Å². The van der Waals surface area contributed by atoms with Crippen molar-refractivity contribution in [1.29, 1.82) is 0 Å². The van der Waals surface area contributed by atoms with Gasteiger partial charge in [0, 0.05) is 37.5 Å². The molecule has 0 atom stereocenters. The summed E-state index contributed by atoms with van der Waals surface area (Å²) >= 11 is 0. The molecule has 0 saturated carbocycles. The van der Waals surface area contributed by atoms with Gasteiger partial charge in [0.05, 0.1) is 11.2 Å². The molecule has 0 aliphatic carbocycles. The minimum Gasteiger partial charge on any atom is -0.385 e. The van der Waals surface area contributed by atoms with Gasteiger partial charge in [0.15, 0.2) is 0 Å². The van der Waals surface area contributed by atoms with E-state index in [-0.39, 0.29) is 5.91 Å². The molecule has 0 aliphatic rings. The third-order valence-corrected chi connectivity index (χ3v) is 3.78. The Morgan fingerprint density at radius 2 is 2.04 bits per heavy atom. The van der Waals surface area contributed by atoms with Crippen molar-refractivity contribution in [2.75, 3.05) is 25.6 Å². The van der Waals surface area contributed by atoms with E-state index in [0.717, 1.165) is 23.0 Å². The number of aromatic nitrogens is 3. The number of pyridine rings is 1. The largest absolute Gasteiger partial charge is 0.385 e. The summed E-state index contributed by atoms with van der Waals surface area (Å²) in [5.74, 6) is 0.135. The molecule has 0 saturated heterocycles. The Morgan fingerprint density at radius 3 is 2.88 bits per heavy atom. The highest BCUT2D eigenvalue weighted by molar-refractivity contribution is 5.93. The van der Waals surface area contributed by atoms with Crippen molar-refractivity contribution in [1.82, 2.24) is 20.3 Å². The van der Waals surface area contributed by atoms with Gasteiger partial charge >= 0.3 is 0 Å². The first-order chi connectivity index (χ1) is 12.7. The number of fused-ring (bicyclic) bond motifs is 1. The van der Waals surface area contributed by atoms with E-state index in [4.69, 9.17) is 4.74 Å². The van der Waals surface area contributed by atoms with E-state index in [1.54, 1.807) is 19.4 Å². The lowest BCUT2D eigenvalue weighted by atomic mass is 10.2. The molecule has 7 nitrogen and oxygen atoms in total. The van der Waals surface area contributed by atoms with Gasteiger partial charge in [-0.2, -0.15) is 0 Å². The van der Waals surface area contributed by atoms with Crippen LogP contribution in [0, 0.1) is 6.92 Å². The predicted octanol–water partition coefficient (Wildman–Crippen LogP) is 2.84. The number of rotatable bonds is 7. The van der Waals surface area contributed by atoms with Crippen LogP contribution < -0.4 is 10.6 Å². The van der Waals surface area contributed by atoms with Gasteiger partial charge in [-0.15, -0.1) is 0 Å². The van der Waals surface area contributed by atoms with Gasteiger partial charge in [-0.25, -0.2) is 9.97 Å². The number of aryl methyl sites for hydroxylation is 1. The lowest BCUT2D eigenvalue weighted by molar-refractivity contribution is 0.0943. The third kappa shape index (κ3) is 4.31. The minimum atomic E-state index is -0.231. The maximum atomic E-state index is 12.3. The zero-order valence-corrected chi connectivity index (χ0v) is 14.8. The van der Waals surface area contributed by atoms with Gasteiger partial charge in [-0.05, 0) is 31.5 Å². The number of hydrogen-bond acceptors (Lipinski definition) is 6. The van der Waals surface area contributed by atoms with Gasteiger partial charge in [0.25, 0.3) is 5.91 Å². The number of benzene rings is 1. The van der Waals surface area contributed by atoms with E-state index < -0.39 is 0 Å². The van der Waals surface area contributed by atoms with E-state index in [1.807, 2.05) is 37.3 Å². The fraction of sp³-hybridized carbons (Fsp3) is 0.263. The summed E-state index contributed by atoms with van der Waals surface area (Å²) in [6.07, 6.45) is 2.49. The molecular formula is C19H21N5O2. The molecule has 2 N–H and O–H groups in total. The van der Waals surface area contributed by atoms with E-state index in [2.05, 4.69) is 25.6 Å². The number of amides is 1. The molecule has 26 heavy (non-hydrogen) atoms. The number of anilines is 2. The highest BCUT2D eigenvalue weighted by Crippen LogP contribution is 2.23. The molecule has 7 heteroatoms. The molecule has 1 aromatic carbocycles. The molecule has 1 amide bonds. The van der Waals surface area contributed by atoms with Crippen LogP contribution in [0.25, 0.3) is 10.9 Å². The van der Waals surface area contributed by atoms with Crippen molar-refractivity contribution in [2.45, 2.75) is 13.3 Å². The molecule has 134 valence electrons. The second kappa shape index (κ2) is 8.35. The summed E-state index contributed by atoms with van der Waals surface area (Å²) in [7, 11) is 1.63. The summed E-state index contributed by atoms with van der Waals surface area (Å²) < 4.78 is 4.98. The summed E-state index contributed by atoms with van der Waals surface area (Å²) in [5, 5.41) is 7.02. The molecule has 0 bridgehead atoms. The Labute approximate surface area is 151 Å². The number of nitrogens with zero attached hydrogens (tertiary/aromatic N) is 3. The quantitative estimate of drug-likeness (QED) is 0.636. The smallest absolute Gasteiger partial charge is 0.270 e. The maximum Gasteiger partial charge on any atom is 0.270 e. The number of nitrogens with one attached hydrogen (secondary N) is 2. The predicted molar refractivity (Wildman–Crippen MR) is 101 cm³/mol. The van der Waals surface area contributed by atoms with Gasteiger partial charge in [-0.3, -0.25) is 9.78 Å². The molecule has 2 heterocycles. The van der Waals surface area contributed by atoms with Crippen LogP contribution in [0.3, 0.4) is 0 Å². The number of carbonyl (C=O) groups excluding carboxylic acids is 1. The molecule has 0 radical (unpaired) electrons. The van der Waals surface area contributed by atoms with Crippen LogP contribution in [0.5, 0.6) is 0 Å².